The minimum absolute atomic E-state index is 0.147. The fraction of sp³-hybridized carbons (Fsp3) is 0.750. The molecular weight excluding hydrogens is 172 g/mol. The maximum absolute atomic E-state index is 4.54. The lowest BCUT2D eigenvalue weighted by atomic mass is 9.96. The van der Waals surface area contributed by atoms with Crippen LogP contribution in [0.3, 0.4) is 0 Å². The number of nitrogens with zero attached hydrogens (tertiary/aromatic N) is 2. The molecule has 0 saturated carbocycles. The second kappa shape index (κ2) is 4.63. The van der Waals surface area contributed by atoms with Crippen LogP contribution in [-0.2, 0) is 12.5 Å². The lowest BCUT2D eigenvalue weighted by Crippen LogP contribution is -2.17. The van der Waals surface area contributed by atoms with Gasteiger partial charge in [-0.2, -0.15) is 0 Å². The van der Waals surface area contributed by atoms with E-state index in [9.17, 15) is 0 Å². The van der Waals surface area contributed by atoms with E-state index in [4.69, 9.17) is 0 Å². The summed E-state index contributed by atoms with van der Waals surface area (Å²) in [5.74, 6) is 1.16. The smallest absolute Gasteiger partial charge is 0.114 e. The molecule has 82 valence electrons. The van der Waals surface area contributed by atoms with Crippen molar-refractivity contribution in [3.05, 3.63) is 17.2 Å². The van der Waals surface area contributed by atoms with Crippen LogP contribution in [-0.4, -0.2) is 9.55 Å². The topological polar surface area (TPSA) is 17.8 Å². The number of hydrogen-bond acceptors (Lipinski definition) is 1. The number of imidazole rings is 1. The molecule has 0 aromatic carbocycles. The Bertz CT molecular complexity index is 290. The van der Waals surface area contributed by atoms with Crippen molar-refractivity contribution in [3.63, 3.8) is 0 Å². The zero-order valence-corrected chi connectivity index (χ0v) is 10.9. The summed E-state index contributed by atoms with van der Waals surface area (Å²) < 4.78 is 2.18. The highest BCUT2D eigenvalue weighted by molar-refractivity contribution is 5.17. The van der Waals surface area contributed by atoms with E-state index in [1.165, 1.54) is 5.69 Å². The highest BCUT2D eigenvalue weighted by atomic mass is 15.1. The second-order valence-corrected chi connectivity index (χ2v) is 4.42. The quantitative estimate of drug-likeness (QED) is 0.622. The molecule has 2 heteroatoms. The first-order valence-electron chi connectivity index (χ1n) is 5.34. The molecular formula is C12H24N2. The number of rotatable bonds is 0. The van der Waals surface area contributed by atoms with Gasteiger partial charge in [0.15, 0.2) is 0 Å². The maximum atomic E-state index is 4.54. The van der Waals surface area contributed by atoms with Crippen LogP contribution in [0.4, 0.5) is 0 Å². The molecule has 1 rings (SSSR count). The van der Waals surface area contributed by atoms with Crippen LogP contribution in [0.25, 0.3) is 0 Å². The van der Waals surface area contributed by atoms with E-state index < -0.39 is 0 Å². The lowest BCUT2D eigenvalue weighted by Gasteiger charge is -2.17. The Labute approximate surface area is 88.4 Å². The van der Waals surface area contributed by atoms with E-state index in [1.807, 2.05) is 13.8 Å². The summed E-state index contributed by atoms with van der Waals surface area (Å²) >= 11 is 0. The normalized spacial score (nSPS) is 10.9. The Morgan fingerprint density at radius 1 is 1.07 bits per heavy atom. The summed E-state index contributed by atoms with van der Waals surface area (Å²) in [5.41, 5.74) is 2.55. The van der Waals surface area contributed by atoms with E-state index >= 15 is 0 Å². The maximum Gasteiger partial charge on any atom is 0.114 e. The van der Waals surface area contributed by atoms with E-state index in [0.717, 1.165) is 11.5 Å². The molecule has 0 unspecified atom stereocenters. The van der Waals surface area contributed by atoms with Gasteiger partial charge in [0.05, 0.1) is 5.69 Å². The zero-order chi connectivity index (χ0) is 11.5. The van der Waals surface area contributed by atoms with Gasteiger partial charge in [0.1, 0.15) is 5.82 Å². The first kappa shape index (κ1) is 13.2. The molecule has 0 N–H and O–H groups in total. The van der Waals surface area contributed by atoms with Crippen molar-refractivity contribution in [1.29, 1.82) is 0 Å². The molecule has 0 fully saturated rings. The van der Waals surface area contributed by atoms with Gasteiger partial charge < -0.3 is 4.57 Å². The van der Waals surface area contributed by atoms with E-state index in [2.05, 4.69) is 51.2 Å². The van der Waals surface area contributed by atoms with Crippen LogP contribution in [0.5, 0.6) is 0 Å². The van der Waals surface area contributed by atoms with Crippen molar-refractivity contribution in [2.24, 2.45) is 7.05 Å². The fourth-order valence-electron chi connectivity index (χ4n) is 1.39. The van der Waals surface area contributed by atoms with Crippen molar-refractivity contribution in [1.82, 2.24) is 9.55 Å². The van der Waals surface area contributed by atoms with Gasteiger partial charge in [0.25, 0.3) is 0 Å². The molecule has 0 bridgehead atoms. The number of aryl methyl sites for hydroxylation is 1. The van der Waals surface area contributed by atoms with Crippen molar-refractivity contribution in [3.8, 4) is 0 Å². The zero-order valence-electron chi connectivity index (χ0n) is 10.9. The molecule has 0 aliphatic carbocycles. The molecule has 0 radical (unpaired) electrons. The van der Waals surface area contributed by atoms with Crippen LogP contribution in [0, 0.1) is 13.8 Å². The first-order chi connectivity index (χ1) is 6.34. The molecule has 2 nitrogen and oxygen atoms in total. The van der Waals surface area contributed by atoms with E-state index in [0.29, 0.717) is 0 Å². The summed E-state index contributed by atoms with van der Waals surface area (Å²) in [6, 6.07) is 0. The van der Waals surface area contributed by atoms with Gasteiger partial charge in [-0.3, -0.25) is 0 Å². The number of hydrogen-bond donors (Lipinski definition) is 0. The number of aromatic nitrogens is 2. The average Bonchev–Trinajstić information content (AvgIpc) is 2.36. The molecule has 0 saturated heterocycles. The largest absolute Gasteiger partial charge is 0.335 e. The monoisotopic (exact) mass is 196 g/mol. The van der Waals surface area contributed by atoms with Gasteiger partial charge in [0, 0.05) is 18.2 Å². The van der Waals surface area contributed by atoms with Crippen LogP contribution in [0.1, 0.15) is 51.8 Å². The molecule has 14 heavy (non-hydrogen) atoms. The minimum Gasteiger partial charge on any atom is -0.335 e. The summed E-state index contributed by atoms with van der Waals surface area (Å²) in [6.07, 6.45) is 0. The van der Waals surface area contributed by atoms with Crippen LogP contribution < -0.4 is 0 Å². The third-order valence-corrected chi connectivity index (χ3v) is 2.29. The summed E-state index contributed by atoms with van der Waals surface area (Å²) in [5, 5.41) is 0. The van der Waals surface area contributed by atoms with E-state index in [1.54, 1.807) is 0 Å². The van der Waals surface area contributed by atoms with Gasteiger partial charge >= 0.3 is 0 Å². The van der Waals surface area contributed by atoms with Gasteiger partial charge in [-0.1, -0.05) is 34.6 Å². The summed E-state index contributed by atoms with van der Waals surface area (Å²) in [4.78, 5) is 4.54. The van der Waals surface area contributed by atoms with Crippen LogP contribution >= 0.6 is 0 Å². The van der Waals surface area contributed by atoms with Gasteiger partial charge in [0.2, 0.25) is 0 Å². The predicted molar refractivity (Wildman–Crippen MR) is 62.7 cm³/mol. The van der Waals surface area contributed by atoms with Crippen molar-refractivity contribution in [2.75, 3.05) is 0 Å². The fourth-order valence-corrected chi connectivity index (χ4v) is 1.39. The Hall–Kier alpha value is -0.790. The van der Waals surface area contributed by atoms with E-state index in [-0.39, 0.29) is 5.41 Å². The van der Waals surface area contributed by atoms with Gasteiger partial charge in [-0.15, -0.1) is 0 Å². The lowest BCUT2D eigenvalue weighted by molar-refractivity contribution is 0.520. The molecule has 1 aromatic rings. The van der Waals surface area contributed by atoms with Gasteiger partial charge in [-0.25, -0.2) is 4.98 Å². The standard InChI is InChI=1S/C10H18N2.C2H6/c1-7-8(2)12(6)9(11-7)10(3,4)5;1-2/h1-6H3;1-2H3. The highest BCUT2D eigenvalue weighted by Gasteiger charge is 2.20. The van der Waals surface area contributed by atoms with Crippen molar-refractivity contribution in [2.45, 2.75) is 53.9 Å². The molecule has 1 aromatic heterocycles. The van der Waals surface area contributed by atoms with Crippen molar-refractivity contribution < 1.29 is 0 Å². The molecule has 0 aliphatic rings. The Balaban J connectivity index is 0.000000791. The summed E-state index contributed by atoms with van der Waals surface area (Å²) in [7, 11) is 2.08. The minimum atomic E-state index is 0.147. The Morgan fingerprint density at radius 2 is 1.50 bits per heavy atom. The average molecular weight is 196 g/mol. The molecule has 0 amide bonds. The summed E-state index contributed by atoms with van der Waals surface area (Å²) in [6.45, 7) is 14.7. The molecule has 1 heterocycles. The first-order valence-corrected chi connectivity index (χ1v) is 5.34. The SMILES string of the molecule is CC.Cc1nc(C(C)(C)C)n(C)c1C. The van der Waals surface area contributed by atoms with Crippen molar-refractivity contribution >= 4 is 0 Å². The van der Waals surface area contributed by atoms with Crippen LogP contribution in [0.2, 0.25) is 0 Å². The Kier molecular flexibility index (Phi) is 4.37. The third kappa shape index (κ3) is 2.60. The highest BCUT2D eigenvalue weighted by Crippen LogP contribution is 2.22. The molecule has 0 aliphatic heterocycles. The Morgan fingerprint density at radius 3 is 1.64 bits per heavy atom. The molecule has 0 atom stereocenters. The second-order valence-electron chi connectivity index (χ2n) is 4.42. The van der Waals surface area contributed by atoms with Crippen LogP contribution in [0.15, 0.2) is 0 Å². The third-order valence-electron chi connectivity index (χ3n) is 2.29. The molecule has 0 spiro atoms. The van der Waals surface area contributed by atoms with Gasteiger partial charge in [-0.05, 0) is 13.8 Å². The predicted octanol–water partition coefficient (Wildman–Crippen LogP) is 3.36.